The van der Waals surface area contributed by atoms with Crippen LogP contribution in [0.1, 0.15) is 43.5 Å². The second kappa shape index (κ2) is 4.33. The average molecular weight is 245 g/mol. The van der Waals surface area contributed by atoms with Gasteiger partial charge < -0.3 is 0 Å². The van der Waals surface area contributed by atoms with Gasteiger partial charge in [-0.15, -0.1) is 11.6 Å². The Kier molecular flexibility index (Phi) is 3.20. The number of hydrogen-bond donors (Lipinski definition) is 0. The molecule has 0 radical (unpaired) electrons. The van der Waals surface area contributed by atoms with E-state index in [0.717, 1.165) is 31.7 Å². The van der Waals surface area contributed by atoms with Crippen LogP contribution in [0.3, 0.4) is 0 Å². The van der Waals surface area contributed by atoms with Crippen molar-refractivity contribution < 1.29 is 8.78 Å². The van der Waals surface area contributed by atoms with Gasteiger partial charge in [-0.3, -0.25) is 0 Å². The molecule has 1 aliphatic carbocycles. The van der Waals surface area contributed by atoms with Gasteiger partial charge in [0.15, 0.2) is 0 Å². The molecule has 1 atom stereocenters. The third-order valence-electron chi connectivity index (χ3n) is 3.59. The summed E-state index contributed by atoms with van der Waals surface area (Å²) in [6.07, 6.45) is 4.31. The highest BCUT2D eigenvalue weighted by Crippen LogP contribution is 2.50. The van der Waals surface area contributed by atoms with Crippen molar-refractivity contribution in [3.8, 4) is 0 Å². The molecule has 1 aromatic carbocycles. The van der Waals surface area contributed by atoms with E-state index in [1.165, 1.54) is 12.1 Å². The van der Waals surface area contributed by atoms with Gasteiger partial charge in [-0.25, -0.2) is 8.78 Å². The summed E-state index contributed by atoms with van der Waals surface area (Å²) in [5.41, 5.74) is 0.368. The Morgan fingerprint density at radius 1 is 1.25 bits per heavy atom. The highest BCUT2D eigenvalue weighted by atomic mass is 35.5. The molecule has 0 spiro atoms. The predicted octanol–water partition coefficient (Wildman–Crippen LogP) is 4.83. The van der Waals surface area contributed by atoms with Gasteiger partial charge in [-0.05, 0) is 24.3 Å². The summed E-state index contributed by atoms with van der Waals surface area (Å²) in [4.78, 5) is 0. The third-order valence-corrected chi connectivity index (χ3v) is 4.36. The standard InChI is InChI=1S/C13H15ClF2/c1-13(6-2-3-7-13)12(14)10-5-4-9(15)8-11(10)16/h4-5,8,12H,2-3,6-7H2,1H3. The number of halogens is 3. The van der Waals surface area contributed by atoms with Gasteiger partial charge in [-0.1, -0.05) is 25.8 Å². The molecule has 0 bridgehead atoms. The molecule has 0 N–H and O–H groups in total. The molecular formula is C13H15ClF2. The van der Waals surface area contributed by atoms with Crippen LogP contribution >= 0.6 is 11.6 Å². The number of rotatable bonds is 2. The fourth-order valence-corrected chi connectivity index (χ4v) is 2.91. The zero-order valence-corrected chi connectivity index (χ0v) is 10.0. The summed E-state index contributed by atoms with van der Waals surface area (Å²) < 4.78 is 26.4. The monoisotopic (exact) mass is 244 g/mol. The summed E-state index contributed by atoms with van der Waals surface area (Å²) in [6.45, 7) is 2.08. The van der Waals surface area contributed by atoms with Gasteiger partial charge in [0.1, 0.15) is 11.6 Å². The predicted molar refractivity (Wildman–Crippen MR) is 61.5 cm³/mol. The molecule has 16 heavy (non-hydrogen) atoms. The molecule has 0 amide bonds. The van der Waals surface area contributed by atoms with Crippen LogP contribution in [0.2, 0.25) is 0 Å². The SMILES string of the molecule is CC1(C(Cl)c2ccc(F)cc2F)CCCC1. The van der Waals surface area contributed by atoms with Crippen LogP contribution in [0.5, 0.6) is 0 Å². The molecule has 1 saturated carbocycles. The third kappa shape index (κ3) is 2.08. The molecule has 0 aliphatic heterocycles. The highest BCUT2D eigenvalue weighted by Gasteiger charge is 2.37. The van der Waals surface area contributed by atoms with E-state index in [9.17, 15) is 8.78 Å². The summed E-state index contributed by atoms with van der Waals surface area (Å²) in [6, 6.07) is 3.64. The van der Waals surface area contributed by atoms with Crippen LogP contribution in [0.25, 0.3) is 0 Å². The van der Waals surface area contributed by atoms with Gasteiger partial charge in [0, 0.05) is 11.6 Å². The van der Waals surface area contributed by atoms with Crippen LogP contribution < -0.4 is 0 Å². The van der Waals surface area contributed by atoms with E-state index in [1.807, 2.05) is 0 Å². The normalized spacial score (nSPS) is 21.0. The molecular weight excluding hydrogens is 230 g/mol. The number of benzene rings is 1. The van der Waals surface area contributed by atoms with E-state index in [4.69, 9.17) is 11.6 Å². The Morgan fingerprint density at radius 3 is 2.44 bits per heavy atom. The largest absolute Gasteiger partial charge is 0.207 e. The lowest BCUT2D eigenvalue weighted by atomic mass is 9.81. The molecule has 0 nitrogen and oxygen atoms in total. The van der Waals surface area contributed by atoms with Gasteiger partial charge in [0.25, 0.3) is 0 Å². The van der Waals surface area contributed by atoms with Crippen LogP contribution in [0.15, 0.2) is 18.2 Å². The van der Waals surface area contributed by atoms with Crippen molar-refractivity contribution >= 4 is 11.6 Å². The zero-order chi connectivity index (χ0) is 11.8. The number of alkyl halides is 1. The molecule has 2 rings (SSSR count). The zero-order valence-electron chi connectivity index (χ0n) is 9.27. The molecule has 1 aromatic rings. The molecule has 0 saturated heterocycles. The van der Waals surface area contributed by atoms with Crippen molar-refractivity contribution in [3.05, 3.63) is 35.4 Å². The van der Waals surface area contributed by atoms with E-state index < -0.39 is 11.6 Å². The second-order valence-electron chi connectivity index (χ2n) is 4.89. The Bertz CT molecular complexity index is 384. The maximum atomic E-state index is 13.6. The molecule has 1 fully saturated rings. The average Bonchev–Trinajstić information content (AvgIpc) is 2.66. The Morgan fingerprint density at radius 2 is 1.88 bits per heavy atom. The topological polar surface area (TPSA) is 0 Å². The summed E-state index contributed by atoms with van der Waals surface area (Å²) in [5, 5.41) is -0.365. The van der Waals surface area contributed by atoms with E-state index in [0.29, 0.717) is 5.56 Å². The van der Waals surface area contributed by atoms with Crippen molar-refractivity contribution in [1.82, 2.24) is 0 Å². The van der Waals surface area contributed by atoms with Crippen molar-refractivity contribution in [2.75, 3.05) is 0 Å². The Labute approximate surface area is 99.6 Å². The van der Waals surface area contributed by atoms with E-state index in [2.05, 4.69) is 6.92 Å². The summed E-state index contributed by atoms with van der Waals surface area (Å²) in [5.74, 6) is -1.09. The lowest BCUT2D eigenvalue weighted by Crippen LogP contribution is -2.19. The van der Waals surface area contributed by atoms with Gasteiger partial charge in [0.2, 0.25) is 0 Å². The minimum atomic E-state index is -0.554. The maximum absolute atomic E-state index is 13.6. The first kappa shape index (κ1) is 11.8. The highest BCUT2D eigenvalue weighted by molar-refractivity contribution is 6.21. The Balaban J connectivity index is 2.29. The first-order valence-corrected chi connectivity index (χ1v) is 6.06. The Hall–Kier alpha value is -0.630. The first-order chi connectivity index (χ1) is 7.53. The molecule has 88 valence electrons. The molecule has 1 aliphatic rings. The smallest absolute Gasteiger partial charge is 0.130 e. The van der Waals surface area contributed by atoms with Crippen molar-refractivity contribution in [3.63, 3.8) is 0 Å². The minimum absolute atomic E-state index is 0.0553. The van der Waals surface area contributed by atoms with Crippen molar-refractivity contribution in [1.29, 1.82) is 0 Å². The lowest BCUT2D eigenvalue weighted by Gasteiger charge is -2.29. The van der Waals surface area contributed by atoms with Crippen LogP contribution in [-0.2, 0) is 0 Å². The molecule has 1 unspecified atom stereocenters. The van der Waals surface area contributed by atoms with Crippen molar-refractivity contribution in [2.24, 2.45) is 5.41 Å². The summed E-state index contributed by atoms with van der Waals surface area (Å²) >= 11 is 6.35. The molecule has 0 aromatic heterocycles. The fraction of sp³-hybridized carbons (Fsp3) is 0.538. The van der Waals surface area contributed by atoms with Gasteiger partial charge in [-0.2, -0.15) is 0 Å². The minimum Gasteiger partial charge on any atom is -0.207 e. The first-order valence-electron chi connectivity index (χ1n) is 5.62. The van der Waals surface area contributed by atoms with Crippen LogP contribution in [-0.4, -0.2) is 0 Å². The van der Waals surface area contributed by atoms with Crippen LogP contribution in [0.4, 0.5) is 8.78 Å². The van der Waals surface area contributed by atoms with Crippen LogP contribution in [0, 0.1) is 17.0 Å². The van der Waals surface area contributed by atoms with E-state index in [-0.39, 0.29) is 10.8 Å². The molecule has 0 heterocycles. The summed E-state index contributed by atoms with van der Waals surface area (Å²) in [7, 11) is 0. The maximum Gasteiger partial charge on any atom is 0.130 e. The van der Waals surface area contributed by atoms with E-state index in [1.54, 1.807) is 0 Å². The van der Waals surface area contributed by atoms with Crippen molar-refractivity contribution in [2.45, 2.75) is 38.0 Å². The van der Waals surface area contributed by atoms with Gasteiger partial charge in [0.05, 0.1) is 5.38 Å². The quantitative estimate of drug-likeness (QED) is 0.654. The van der Waals surface area contributed by atoms with E-state index >= 15 is 0 Å². The number of hydrogen-bond acceptors (Lipinski definition) is 0. The lowest BCUT2D eigenvalue weighted by molar-refractivity contribution is 0.316. The molecule has 3 heteroatoms. The van der Waals surface area contributed by atoms with Gasteiger partial charge >= 0.3 is 0 Å². The second-order valence-corrected chi connectivity index (χ2v) is 5.33. The fourth-order valence-electron chi connectivity index (χ4n) is 2.52.